The van der Waals surface area contributed by atoms with Crippen LogP contribution in [0.5, 0.6) is 5.75 Å². The Balaban J connectivity index is 3.21. The third kappa shape index (κ3) is 2.14. The predicted molar refractivity (Wildman–Crippen MR) is 49.5 cm³/mol. The molecule has 1 N–H and O–H groups in total. The summed E-state index contributed by atoms with van der Waals surface area (Å²) in [5, 5.41) is 8.37. The first-order chi connectivity index (χ1) is 6.56. The minimum absolute atomic E-state index is 0.247. The summed E-state index contributed by atoms with van der Waals surface area (Å²) in [6.07, 6.45) is 0. The summed E-state index contributed by atoms with van der Waals surface area (Å²) in [5.74, 6) is -2.06. The molecule has 1 aromatic carbocycles. The SMILES string of the molecule is CCOc1cc(Cl)c(F)c(C(=O)O)c1. The number of hydrogen-bond donors (Lipinski definition) is 1. The standard InChI is InChI=1S/C9H8ClFO3/c1-2-14-5-3-6(9(12)13)8(11)7(10)4-5/h3-4H,2H2,1H3,(H,12,13). The second kappa shape index (κ2) is 4.28. The maximum atomic E-state index is 13.1. The highest BCUT2D eigenvalue weighted by Gasteiger charge is 2.15. The normalized spacial score (nSPS) is 9.93. The van der Waals surface area contributed by atoms with Crippen LogP contribution in [0.3, 0.4) is 0 Å². The molecular weight excluding hydrogens is 211 g/mol. The summed E-state index contributed by atoms with van der Waals surface area (Å²) in [4.78, 5) is 10.6. The summed E-state index contributed by atoms with van der Waals surface area (Å²) < 4.78 is 18.1. The van der Waals surface area contributed by atoms with Crippen molar-refractivity contribution in [3.63, 3.8) is 0 Å². The number of rotatable bonds is 3. The maximum Gasteiger partial charge on any atom is 0.338 e. The lowest BCUT2D eigenvalue weighted by molar-refractivity contribution is 0.0691. The lowest BCUT2D eigenvalue weighted by atomic mass is 10.2. The topological polar surface area (TPSA) is 46.5 Å². The first-order valence-electron chi connectivity index (χ1n) is 3.91. The largest absolute Gasteiger partial charge is 0.494 e. The van der Waals surface area contributed by atoms with Gasteiger partial charge in [0.15, 0.2) is 5.82 Å². The van der Waals surface area contributed by atoms with Crippen LogP contribution in [0.1, 0.15) is 17.3 Å². The zero-order chi connectivity index (χ0) is 10.7. The fourth-order valence-electron chi connectivity index (χ4n) is 0.970. The zero-order valence-corrected chi connectivity index (χ0v) is 8.14. The molecule has 0 atom stereocenters. The first kappa shape index (κ1) is 10.8. The fraction of sp³-hybridized carbons (Fsp3) is 0.222. The van der Waals surface area contributed by atoms with Gasteiger partial charge in [-0.1, -0.05) is 11.6 Å². The van der Waals surface area contributed by atoms with Crippen LogP contribution in [0.4, 0.5) is 4.39 Å². The molecule has 1 aromatic rings. The summed E-state index contributed by atoms with van der Waals surface area (Å²) in [7, 11) is 0. The van der Waals surface area contributed by atoms with Crippen LogP contribution in [0.15, 0.2) is 12.1 Å². The second-order valence-electron chi connectivity index (χ2n) is 2.50. The fourth-order valence-corrected chi connectivity index (χ4v) is 1.18. The number of halogens is 2. The van der Waals surface area contributed by atoms with Gasteiger partial charge in [-0.15, -0.1) is 0 Å². The van der Waals surface area contributed by atoms with Crippen molar-refractivity contribution in [1.82, 2.24) is 0 Å². The number of carboxylic acids is 1. The quantitative estimate of drug-likeness (QED) is 0.848. The van der Waals surface area contributed by atoms with E-state index in [4.69, 9.17) is 21.4 Å². The molecule has 0 aliphatic rings. The molecule has 0 saturated heterocycles. The predicted octanol–water partition coefficient (Wildman–Crippen LogP) is 2.58. The van der Waals surface area contributed by atoms with Gasteiger partial charge in [0, 0.05) is 6.07 Å². The maximum absolute atomic E-state index is 13.1. The highest BCUT2D eigenvalue weighted by atomic mass is 35.5. The van der Waals surface area contributed by atoms with E-state index in [0.29, 0.717) is 6.61 Å². The van der Waals surface area contributed by atoms with Crippen LogP contribution in [-0.2, 0) is 0 Å². The first-order valence-corrected chi connectivity index (χ1v) is 4.29. The van der Waals surface area contributed by atoms with E-state index in [0.717, 1.165) is 6.07 Å². The van der Waals surface area contributed by atoms with Crippen molar-refractivity contribution in [3.8, 4) is 5.75 Å². The van der Waals surface area contributed by atoms with Gasteiger partial charge in [0.05, 0.1) is 11.6 Å². The van der Waals surface area contributed by atoms with Crippen LogP contribution in [0.2, 0.25) is 5.02 Å². The smallest absolute Gasteiger partial charge is 0.338 e. The Hall–Kier alpha value is -1.29. The number of benzene rings is 1. The van der Waals surface area contributed by atoms with Crippen LogP contribution in [0, 0.1) is 5.82 Å². The number of hydrogen-bond acceptors (Lipinski definition) is 2. The van der Waals surface area contributed by atoms with Crippen LogP contribution in [0.25, 0.3) is 0 Å². The summed E-state index contributed by atoms with van der Waals surface area (Å²) in [6.45, 7) is 2.10. The average molecular weight is 219 g/mol. The van der Waals surface area contributed by atoms with Gasteiger partial charge in [0.2, 0.25) is 0 Å². The number of carboxylic acid groups (broad SMARTS) is 1. The average Bonchev–Trinajstić information content (AvgIpc) is 2.11. The molecular formula is C9H8ClFO3. The highest BCUT2D eigenvalue weighted by Crippen LogP contribution is 2.25. The van der Waals surface area contributed by atoms with E-state index >= 15 is 0 Å². The molecule has 0 amide bonds. The van der Waals surface area contributed by atoms with E-state index in [1.165, 1.54) is 6.07 Å². The molecule has 0 saturated carbocycles. The van der Waals surface area contributed by atoms with E-state index in [1.54, 1.807) is 6.92 Å². The van der Waals surface area contributed by atoms with Gasteiger partial charge in [-0.3, -0.25) is 0 Å². The Labute approximate surface area is 85.1 Å². The van der Waals surface area contributed by atoms with Crippen LogP contribution in [-0.4, -0.2) is 17.7 Å². The molecule has 0 heterocycles. The third-order valence-corrected chi connectivity index (χ3v) is 1.82. The Morgan fingerprint density at radius 1 is 1.64 bits per heavy atom. The molecule has 1 rings (SSSR count). The summed E-state index contributed by atoms with van der Waals surface area (Å²) in [5.41, 5.74) is -0.485. The van der Waals surface area contributed by atoms with E-state index in [9.17, 15) is 9.18 Å². The number of carbonyl (C=O) groups is 1. The van der Waals surface area contributed by atoms with E-state index in [1.807, 2.05) is 0 Å². The van der Waals surface area contributed by atoms with Crippen LogP contribution >= 0.6 is 11.6 Å². The Morgan fingerprint density at radius 3 is 2.79 bits per heavy atom. The van der Waals surface area contributed by atoms with Gasteiger partial charge in [-0.05, 0) is 13.0 Å². The molecule has 0 bridgehead atoms. The minimum atomic E-state index is -1.37. The van der Waals surface area contributed by atoms with Gasteiger partial charge >= 0.3 is 5.97 Å². The summed E-state index contributed by atoms with van der Waals surface area (Å²) in [6, 6.07) is 2.35. The summed E-state index contributed by atoms with van der Waals surface area (Å²) >= 11 is 5.48. The zero-order valence-electron chi connectivity index (χ0n) is 7.38. The molecule has 0 fully saturated rings. The molecule has 14 heavy (non-hydrogen) atoms. The second-order valence-corrected chi connectivity index (χ2v) is 2.91. The van der Waals surface area contributed by atoms with Crippen LogP contribution < -0.4 is 4.74 Å². The molecule has 0 aromatic heterocycles. The van der Waals surface area contributed by atoms with Crippen molar-refractivity contribution < 1.29 is 19.0 Å². The van der Waals surface area contributed by atoms with Crippen molar-refractivity contribution in [2.75, 3.05) is 6.61 Å². The van der Waals surface area contributed by atoms with Crippen molar-refractivity contribution in [2.24, 2.45) is 0 Å². The lowest BCUT2D eigenvalue weighted by Crippen LogP contribution is -2.02. The van der Waals surface area contributed by atoms with Crippen molar-refractivity contribution >= 4 is 17.6 Å². The third-order valence-electron chi connectivity index (χ3n) is 1.54. The van der Waals surface area contributed by atoms with E-state index < -0.39 is 17.3 Å². The molecule has 0 unspecified atom stereocenters. The molecule has 0 aliphatic carbocycles. The lowest BCUT2D eigenvalue weighted by Gasteiger charge is -2.06. The minimum Gasteiger partial charge on any atom is -0.494 e. The van der Waals surface area contributed by atoms with Gasteiger partial charge < -0.3 is 9.84 Å². The monoisotopic (exact) mass is 218 g/mol. The van der Waals surface area contributed by atoms with Crippen molar-refractivity contribution in [1.29, 1.82) is 0 Å². The molecule has 0 aliphatic heterocycles. The van der Waals surface area contributed by atoms with E-state index in [2.05, 4.69) is 0 Å². The number of aromatic carboxylic acids is 1. The molecule has 3 nitrogen and oxygen atoms in total. The molecule has 76 valence electrons. The van der Waals surface area contributed by atoms with Crippen molar-refractivity contribution in [3.05, 3.63) is 28.5 Å². The molecule has 0 radical (unpaired) electrons. The molecule has 5 heteroatoms. The van der Waals surface area contributed by atoms with Gasteiger partial charge in [0.1, 0.15) is 11.3 Å². The number of ether oxygens (including phenoxy) is 1. The van der Waals surface area contributed by atoms with Crippen molar-refractivity contribution in [2.45, 2.75) is 6.92 Å². The Bertz CT molecular complexity index is 365. The highest BCUT2D eigenvalue weighted by molar-refractivity contribution is 6.31. The van der Waals surface area contributed by atoms with Gasteiger partial charge in [-0.25, -0.2) is 9.18 Å². The molecule has 0 spiro atoms. The Kier molecular flexibility index (Phi) is 3.30. The van der Waals surface area contributed by atoms with Gasteiger partial charge in [-0.2, -0.15) is 0 Å². The van der Waals surface area contributed by atoms with E-state index in [-0.39, 0.29) is 10.8 Å². The van der Waals surface area contributed by atoms with Gasteiger partial charge in [0.25, 0.3) is 0 Å². The Morgan fingerprint density at radius 2 is 2.29 bits per heavy atom.